The Bertz CT molecular complexity index is 665. The molecule has 0 spiro atoms. The van der Waals surface area contributed by atoms with E-state index in [2.05, 4.69) is 47.4 Å². The monoisotopic (exact) mass is 312 g/mol. The molecule has 0 unspecified atom stereocenters. The molecule has 1 amide bonds. The molecule has 23 heavy (non-hydrogen) atoms. The number of nitrogens with zero attached hydrogens (tertiary/aromatic N) is 2. The Labute approximate surface area is 137 Å². The van der Waals surface area contributed by atoms with Crippen molar-refractivity contribution in [3.8, 4) is 0 Å². The first-order chi connectivity index (χ1) is 11.0. The van der Waals surface area contributed by atoms with Crippen molar-refractivity contribution in [1.29, 1.82) is 0 Å². The largest absolute Gasteiger partial charge is 0.351 e. The highest BCUT2D eigenvalue weighted by Gasteiger charge is 2.08. The molecule has 1 heterocycles. The first kappa shape index (κ1) is 16.9. The molecule has 0 bridgehead atoms. The number of hydrogen-bond acceptors (Lipinski definition) is 4. The Morgan fingerprint density at radius 1 is 1.17 bits per heavy atom. The molecule has 0 saturated heterocycles. The molecule has 2 rings (SSSR count). The number of nitrogens with one attached hydrogen (secondary N) is 2. The number of carbonyl (C=O) groups is 1. The van der Waals surface area contributed by atoms with Crippen LogP contribution in [0.1, 0.15) is 41.9 Å². The van der Waals surface area contributed by atoms with Crippen LogP contribution >= 0.6 is 0 Å². The molecule has 0 saturated carbocycles. The molecule has 0 fully saturated rings. The number of hydrogen-bond donors (Lipinski definition) is 2. The predicted octanol–water partition coefficient (Wildman–Crippen LogP) is 3.61. The van der Waals surface area contributed by atoms with E-state index in [4.69, 9.17) is 0 Å². The molecule has 1 aromatic heterocycles. The molecule has 2 N–H and O–H groups in total. The van der Waals surface area contributed by atoms with Crippen LogP contribution in [-0.4, -0.2) is 22.4 Å². The molecule has 1 aromatic carbocycles. The Hall–Kier alpha value is -2.43. The van der Waals surface area contributed by atoms with Gasteiger partial charge in [-0.1, -0.05) is 31.5 Å². The zero-order valence-electron chi connectivity index (χ0n) is 14.2. The van der Waals surface area contributed by atoms with Gasteiger partial charge in [0.2, 0.25) is 0 Å². The topological polar surface area (TPSA) is 66.9 Å². The molecular formula is C18H24N4O. The van der Waals surface area contributed by atoms with Gasteiger partial charge in [0.1, 0.15) is 11.5 Å². The van der Waals surface area contributed by atoms with E-state index in [1.54, 1.807) is 6.20 Å². The van der Waals surface area contributed by atoms with Gasteiger partial charge in [0.25, 0.3) is 5.91 Å². The third-order valence-electron chi connectivity index (χ3n) is 3.54. The van der Waals surface area contributed by atoms with Crippen LogP contribution in [0, 0.1) is 19.8 Å². The van der Waals surface area contributed by atoms with E-state index in [1.165, 1.54) is 11.8 Å². The van der Waals surface area contributed by atoms with Crippen molar-refractivity contribution >= 4 is 17.4 Å². The zero-order chi connectivity index (χ0) is 16.8. The second-order valence-electron chi connectivity index (χ2n) is 6.17. The van der Waals surface area contributed by atoms with Crippen molar-refractivity contribution in [2.24, 2.45) is 5.92 Å². The maximum atomic E-state index is 12.0. The average Bonchev–Trinajstić information content (AvgIpc) is 2.50. The summed E-state index contributed by atoms with van der Waals surface area (Å²) in [5.74, 6) is 0.998. The number of rotatable bonds is 6. The van der Waals surface area contributed by atoms with Gasteiger partial charge >= 0.3 is 0 Å². The van der Waals surface area contributed by atoms with Crippen LogP contribution in [0.4, 0.5) is 11.5 Å². The number of anilines is 2. The molecule has 0 atom stereocenters. The van der Waals surface area contributed by atoms with Crippen LogP contribution in [-0.2, 0) is 0 Å². The van der Waals surface area contributed by atoms with Crippen LogP contribution in [0.3, 0.4) is 0 Å². The predicted molar refractivity (Wildman–Crippen MR) is 93.0 cm³/mol. The van der Waals surface area contributed by atoms with Crippen molar-refractivity contribution in [3.63, 3.8) is 0 Å². The molecule has 0 aliphatic rings. The molecule has 0 aliphatic carbocycles. The van der Waals surface area contributed by atoms with E-state index in [0.717, 1.165) is 17.7 Å². The Morgan fingerprint density at radius 2 is 1.96 bits per heavy atom. The number of amides is 1. The summed E-state index contributed by atoms with van der Waals surface area (Å²) in [7, 11) is 0. The summed E-state index contributed by atoms with van der Waals surface area (Å²) in [6, 6.07) is 6.16. The molecule has 2 aromatic rings. The Balaban J connectivity index is 1.97. The van der Waals surface area contributed by atoms with Gasteiger partial charge in [-0.2, -0.15) is 0 Å². The van der Waals surface area contributed by atoms with Crippen molar-refractivity contribution in [1.82, 2.24) is 15.3 Å². The number of carbonyl (C=O) groups excluding carboxylic acids is 1. The number of aryl methyl sites for hydroxylation is 2. The maximum Gasteiger partial charge on any atom is 0.271 e. The number of benzene rings is 1. The lowest BCUT2D eigenvalue weighted by atomic mass is 10.1. The van der Waals surface area contributed by atoms with Crippen LogP contribution in [0.2, 0.25) is 0 Å². The van der Waals surface area contributed by atoms with E-state index >= 15 is 0 Å². The van der Waals surface area contributed by atoms with Crippen LogP contribution in [0.5, 0.6) is 0 Å². The fraction of sp³-hybridized carbons (Fsp3) is 0.389. The minimum absolute atomic E-state index is 0.184. The van der Waals surface area contributed by atoms with Crippen molar-refractivity contribution in [2.75, 3.05) is 11.9 Å². The fourth-order valence-electron chi connectivity index (χ4n) is 2.17. The maximum absolute atomic E-state index is 12.0. The van der Waals surface area contributed by atoms with Gasteiger partial charge < -0.3 is 10.6 Å². The van der Waals surface area contributed by atoms with Gasteiger partial charge in [0.15, 0.2) is 0 Å². The minimum atomic E-state index is -0.184. The second-order valence-corrected chi connectivity index (χ2v) is 6.17. The van der Waals surface area contributed by atoms with Gasteiger partial charge in [0.05, 0.1) is 12.4 Å². The third kappa shape index (κ3) is 5.06. The SMILES string of the molecule is Cc1ccc(Nc2cnc(C(=O)NCCC(C)C)cn2)c(C)c1. The number of aromatic nitrogens is 2. The van der Waals surface area contributed by atoms with E-state index in [-0.39, 0.29) is 5.91 Å². The fourth-order valence-corrected chi connectivity index (χ4v) is 2.17. The third-order valence-corrected chi connectivity index (χ3v) is 3.54. The van der Waals surface area contributed by atoms with E-state index in [1.807, 2.05) is 19.1 Å². The zero-order valence-corrected chi connectivity index (χ0v) is 14.2. The van der Waals surface area contributed by atoms with Crippen molar-refractivity contribution < 1.29 is 4.79 Å². The Morgan fingerprint density at radius 3 is 2.57 bits per heavy atom. The highest BCUT2D eigenvalue weighted by Crippen LogP contribution is 2.19. The average molecular weight is 312 g/mol. The highest BCUT2D eigenvalue weighted by molar-refractivity contribution is 5.92. The van der Waals surface area contributed by atoms with Crippen LogP contribution in [0.25, 0.3) is 0 Å². The summed E-state index contributed by atoms with van der Waals surface area (Å²) in [5.41, 5.74) is 3.67. The summed E-state index contributed by atoms with van der Waals surface area (Å²) < 4.78 is 0. The minimum Gasteiger partial charge on any atom is -0.351 e. The lowest BCUT2D eigenvalue weighted by molar-refractivity contribution is 0.0946. The lowest BCUT2D eigenvalue weighted by Gasteiger charge is -2.10. The van der Waals surface area contributed by atoms with E-state index in [0.29, 0.717) is 24.0 Å². The van der Waals surface area contributed by atoms with E-state index in [9.17, 15) is 4.79 Å². The standard InChI is InChI=1S/C18H24N4O/c1-12(2)7-8-19-18(23)16-10-21-17(11-20-16)22-15-6-5-13(3)9-14(15)4/h5-6,9-12H,7-8H2,1-4H3,(H,19,23)(H,21,22). The summed E-state index contributed by atoms with van der Waals surface area (Å²) in [6.07, 6.45) is 4.03. The van der Waals surface area contributed by atoms with Gasteiger partial charge in [-0.15, -0.1) is 0 Å². The molecule has 122 valence electrons. The van der Waals surface area contributed by atoms with Gasteiger partial charge in [-0.25, -0.2) is 9.97 Å². The first-order valence-electron chi connectivity index (χ1n) is 7.90. The molecule has 5 nitrogen and oxygen atoms in total. The van der Waals surface area contributed by atoms with E-state index < -0.39 is 0 Å². The smallest absolute Gasteiger partial charge is 0.271 e. The molecule has 5 heteroatoms. The normalized spacial score (nSPS) is 10.7. The molecular weight excluding hydrogens is 288 g/mol. The highest BCUT2D eigenvalue weighted by atomic mass is 16.1. The first-order valence-corrected chi connectivity index (χ1v) is 7.90. The van der Waals surface area contributed by atoms with Crippen LogP contribution < -0.4 is 10.6 Å². The summed E-state index contributed by atoms with van der Waals surface area (Å²) in [6.45, 7) is 9.00. The van der Waals surface area contributed by atoms with Crippen molar-refractivity contribution in [2.45, 2.75) is 34.1 Å². The molecule has 0 aliphatic heterocycles. The van der Waals surface area contributed by atoms with Gasteiger partial charge in [0, 0.05) is 12.2 Å². The summed E-state index contributed by atoms with van der Waals surface area (Å²) in [4.78, 5) is 20.4. The van der Waals surface area contributed by atoms with Crippen molar-refractivity contribution in [3.05, 3.63) is 47.4 Å². The summed E-state index contributed by atoms with van der Waals surface area (Å²) in [5, 5.41) is 6.07. The Kier molecular flexibility index (Phi) is 5.68. The lowest BCUT2D eigenvalue weighted by Crippen LogP contribution is -2.26. The second kappa shape index (κ2) is 7.72. The summed E-state index contributed by atoms with van der Waals surface area (Å²) >= 11 is 0. The molecule has 0 radical (unpaired) electrons. The quantitative estimate of drug-likeness (QED) is 0.855. The van der Waals surface area contributed by atoms with Gasteiger partial charge in [-0.05, 0) is 37.8 Å². The van der Waals surface area contributed by atoms with Crippen LogP contribution in [0.15, 0.2) is 30.6 Å². The van der Waals surface area contributed by atoms with Gasteiger partial charge in [-0.3, -0.25) is 4.79 Å².